The van der Waals surface area contributed by atoms with Gasteiger partial charge in [-0.1, -0.05) is 12.1 Å². The molecule has 0 saturated heterocycles. The molecule has 0 fully saturated rings. The van der Waals surface area contributed by atoms with Crippen LogP contribution < -0.4 is 10.6 Å². The maximum Gasteiger partial charge on any atom is 0.0631 e. The fourth-order valence-corrected chi connectivity index (χ4v) is 1.48. The molecule has 0 radical (unpaired) electrons. The first-order valence-corrected chi connectivity index (χ1v) is 4.93. The average molecular weight is 192 g/mol. The molecule has 0 aliphatic carbocycles. The molecular weight excluding hydrogens is 172 g/mol. The molecule has 1 rings (SSSR count). The maximum atomic E-state index is 5.98. The summed E-state index contributed by atoms with van der Waals surface area (Å²) in [5.41, 5.74) is 9.29. The highest BCUT2D eigenvalue weighted by Gasteiger charge is 2.20. The summed E-state index contributed by atoms with van der Waals surface area (Å²) in [6.07, 6.45) is 0. The number of nitrogens with two attached hydrogens (primary N) is 1. The first-order valence-electron chi connectivity index (χ1n) is 4.93. The van der Waals surface area contributed by atoms with Crippen molar-refractivity contribution in [2.45, 2.75) is 33.2 Å². The van der Waals surface area contributed by atoms with Crippen molar-refractivity contribution in [2.75, 3.05) is 17.7 Å². The van der Waals surface area contributed by atoms with Gasteiger partial charge in [-0.05, 0) is 39.3 Å². The number of hydrogen-bond donors (Lipinski definition) is 1. The number of hydrogen-bond acceptors (Lipinski definition) is 2. The lowest BCUT2D eigenvalue weighted by molar-refractivity contribution is 0.538. The average Bonchev–Trinajstić information content (AvgIpc) is 2.01. The summed E-state index contributed by atoms with van der Waals surface area (Å²) in [6.45, 7) is 8.63. The quantitative estimate of drug-likeness (QED) is 0.693. The molecule has 0 aliphatic rings. The van der Waals surface area contributed by atoms with Gasteiger partial charge in [0.1, 0.15) is 0 Å². The minimum absolute atomic E-state index is 0.0975. The normalized spacial score (nSPS) is 11.5. The summed E-state index contributed by atoms with van der Waals surface area (Å²) in [5, 5.41) is 0. The summed E-state index contributed by atoms with van der Waals surface area (Å²) in [5.74, 6) is 0. The molecule has 0 aromatic heterocycles. The summed E-state index contributed by atoms with van der Waals surface area (Å²) < 4.78 is 0. The zero-order valence-electron chi connectivity index (χ0n) is 9.76. The van der Waals surface area contributed by atoms with Crippen molar-refractivity contribution in [1.82, 2.24) is 0 Å². The molecule has 1 aromatic carbocycles. The number of para-hydroxylation sites is 1. The Bertz CT molecular complexity index is 303. The zero-order valence-corrected chi connectivity index (χ0v) is 9.76. The van der Waals surface area contributed by atoms with E-state index in [0.717, 1.165) is 11.4 Å². The maximum absolute atomic E-state index is 5.98. The van der Waals surface area contributed by atoms with Crippen LogP contribution in [0.1, 0.15) is 26.3 Å². The van der Waals surface area contributed by atoms with E-state index in [4.69, 9.17) is 5.73 Å². The van der Waals surface area contributed by atoms with Crippen molar-refractivity contribution in [3.8, 4) is 0 Å². The van der Waals surface area contributed by atoms with E-state index < -0.39 is 0 Å². The molecule has 0 saturated carbocycles. The van der Waals surface area contributed by atoms with E-state index in [-0.39, 0.29) is 5.54 Å². The van der Waals surface area contributed by atoms with E-state index in [2.05, 4.69) is 45.7 Å². The van der Waals surface area contributed by atoms with E-state index in [0.29, 0.717) is 0 Å². The molecule has 2 nitrogen and oxygen atoms in total. The topological polar surface area (TPSA) is 29.3 Å². The van der Waals surface area contributed by atoms with Crippen LogP contribution in [0.5, 0.6) is 0 Å². The van der Waals surface area contributed by atoms with Crippen molar-refractivity contribution >= 4 is 11.4 Å². The first kappa shape index (κ1) is 10.9. The monoisotopic (exact) mass is 192 g/mol. The van der Waals surface area contributed by atoms with Crippen LogP contribution >= 0.6 is 0 Å². The lowest BCUT2D eigenvalue weighted by atomic mass is 10.0. The van der Waals surface area contributed by atoms with E-state index in [1.807, 2.05) is 12.1 Å². The number of benzene rings is 1. The summed E-state index contributed by atoms with van der Waals surface area (Å²) >= 11 is 0. The molecule has 0 amide bonds. The molecular formula is C12H20N2. The lowest BCUT2D eigenvalue weighted by Crippen LogP contribution is -2.38. The highest BCUT2D eigenvalue weighted by molar-refractivity contribution is 5.71. The van der Waals surface area contributed by atoms with Gasteiger partial charge in [0, 0.05) is 12.6 Å². The number of nitrogens with zero attached hydrogens (tertiary/aromatic N) is 1. The summed E-state index contributed by atoms with van der Waals surface area (Å²) in [7, 11) is 2.08. The molecule has 14 heavy (non-hydrogen) atoms. The Morgan fingerprint density at radius 3 is 2.21 bits per heavy atom. The van der Waals surface area contributed by atoms with Gasteiger partial charge in [-0.3, -0.25) is 0 Å². The zero-order chi connectivity index (χ0) is 10.9. The Morgan fingerprint density at radius 1 is 1.21 bits per heavy atom. The number of rotatable bonds is 1. The number of anilines is 2. The van der Waals surface area contributed by atoms with Gasteiger partial charge in [0.15, 0.2) is 0 Å². The van der Waals surface area contributed by atoms with Crippen molar-refractivity contribution in [3.63, 3.8) is 0 Å². The van der Waals surface area contributed by atoms with Crippen LogP contribution in [-0.2, 0) is 0 Å². The Hall–Kier alpha value is -1.18. The van der Waals surface area contributed by atoms with Crippen LogP contribution in [0, 0.1) is 6.92 Å². The van der Waals surface area contributed by atoms with Crippen LogP contribution in [0.2, 0.25) is 0 Å². The van der Waals surface area contributed by atoms with Gasteiger partial charge in [-0.2, -0.15) is 0 Å². The molecule has 78 valence electrons. The predicted molar refractivity (Wildman–Crippen MR) is 63.7 cm³/mol. The van der Waals surface area contributed by atoms with Gasteiger partial charge in [-0.25, -0.2) is 0 Å². The van der Waals surface area contributed by atoms with Gasteiger partial charge in [-0.15, -0.1) is 0 Å². The Kier molecular flexibility index (Phi) is 2.74. The van der Waals surface area contributed by atoms with E-state index in [9.17, 15) is 0 Å². The smallest absolute Gasteiger partial charge is 0.0631 e. The Balaban J connectivity index is 3.19. The van der Waals surface area contributed by atoms with Crippen molar-refractivity contribution in [3.05, 3.63) is 23.8 Å². The van der Waals surface area contributed by atoms with Crippen LogP contribution in [0.25, 0.3) is 0 Å². The van der Waals surface area contributed by atoms with Crippen molar-refractivity contribution in [2.24, 2.45) is 0 Å². The largest absolute Gasteiger partial charge is 0.397 e. The third-order valence-electron chi connectivity index (χ3n) is 2.61. The predicted octanol–water partition coefficient (Wildman–Crippen LogP) is 2.81. The molecule has 0 unspecified atom stereocenters. The molecule has 2 N–H and O–H groups in total. The van der Waals surface area contributed by atoms with E-state index in [1.54, 1.807) is 0 Å². The van der Waals surface area contributed by atoms with Gasteiger partial charge in [0.05, 0.1) is 11.4 Å². The van der Waals surface area contributed by atoms with Gasteiger partial charge >= 0.3 is 0 Å². The van der Waals surface area contributed by atoms with Crippen molar-refractivity contribution in [1.29, 1.82) is 0 Å². The summed E-state index contributed by atoms with van der Waals surface area (Å²) in [4.78, 5) is 2.22. The van der Waals surface area contributed by atoms with E-state index in [1.165, 1.54) is 5.56 Å². The molecule has 0 atom stereocenters. The Morgan fingerprint density at radius 2 is 1.79 bits per heavy atom. The molecule has 0 spiro atoms. The highest BCUT2D eigenvalue weighted by atomic mass is 15.2. The van der Waals surface area contributed by atoms with Crippen molar-refractivity contribution < 1.29 is 0 Å². The minimum Gasteiger partial charge on any atom is -0.397 e. The van der Waals surface area contributed by atoms with E-state index >= 15 is 0 Å². The summed E-state index contributed by atoms with van der Waals surface area (Å²) in [6, 6.07) is 6.03. The fourth-order valence-electron chi connectivity index (χ4n) is 1.48. The molecule has 0 bridgehead atoms. The highest BCUT2D eigenvalue weighted by Crippen LogP contribution is 2.30. The lowest BCUT2D eigenvalue weighted by Gasteiger charge is -2.36. The Labute approximate surface area is 86.7 Å². The van der Waals surface area contributed by atoms with Crippen LogP contribution in [-0.4, -0.2) is 12.6 Å². The van der Waals surface area contributed by atoms with Crippen LogP contribution in [0.15, 0.2) is 18.2 Å². The van der Waals surface area contributed by atoms with Gasteiger partial charge < -0.3 is 10.6 Å². The standard InChI is InChI=1S/C12H20N2/c1-9-7-6-8-10(13)11(9)14(5)12(2,3)4/h6-8H,13H2,1-5H3. The number of nitrogen functional groups attached to an aromatic ring is 1. The third-order valence-corrected chi connectivity index (χ3v) is 2.61. The fraction of sp³-hybridized carbons (Fsp3) is 0.500. The molecule has 2 heteroatoms. The molecule has 0 heterocycles. The SMILES string of the molecule is Cc1cccc(N)c1N(C)C(C)(C)C. The molecule has 0 aliphatic heterocycles. The van der Waals surface area contributed by atoms with Crippen LogP contribution in [0.3, 0.4) is 0 Å². The first-order chi connectivity index (χ1) is 6.34. The van der Waals surface area contributed by atoms with Gasteiger partial charge in [0.25, 0.3) is 0 Å². The second kappa shape index (κ2) is 3.52. The van der Waals surface area contributed by atoms with Gasteiger partial charge in [0.2, 0.25) is 0 Å². The number of aryl methyl sites for hydroxylation is 1. The minimum atomic E-state index is 0.0975. The molecule has 1 aromatic rings. The van der Waals surface area contributed by atoms with Crippen LogP contribution in [0.4, 0.5) is 11.4 Å². The third kappa shape index (κ3) is 2.00. The second-order valence-corrected chi connectivity index (χ2v) is 4.74. The second-order valence-electron chi connectivity index (χ2n) is 4.74.